The zero-order chi connectivity index (χ0) is 13.2. The zero-order valence-electron chi connectivity index (χ0n) is 11.0. The van der Waals surface area contributed by atoms with Crippen LogP contribution in [0.4, 0.5) is 0 Å². The Bertz CT molecular complexity index is 381. The quantitative estimate of drug-likeness (QED) is 0.411. The van der Waals surface area contributed by atoms with Gasteiger partial charge in [-0.2, -0.15) is 0 Å². The second-order valence-electron chi connectivity index (χ2n) is 3.82. The predicted octanol–water partition coefficient (Wildman–Crippen LogP) is 2.30. The van der Waals surface area contributed by atoms with Gasteiger partial charge < -0.3 is 9.64 Å². The topological polar surface area (TPSA) is 41.9 Å². The third kappa shape index (κ3) is 4.99. The summed E-state index contributed by atoms with van der Waals surface area (Å²) in [4.78, 5) is 17.4. The van der Waals surface area contributed by atoms with Gasteiger partial charge in [-0.15, -0.1) is 0 Å². The smallest absolute Gasteiger partial charge is 0.331 e. The first-order valence-corrected chi connectivity index (χ1v) is 6.12. The number of esters is 1. The van der Waals surface area contributed by atoms with Crippen LogP contribution in [0, 0.1) is 0 Å². The number of carbonyl (C=O) groups is 1. The second kappa shape index (κ2) is 8.28. The summed E-state index contributed by atoms with van der Waals surface area (Å²) in [6, 6.07) is 0. The summed E-state index contributed by atoms with van der Waals surface area (Å²) in [5.74, 6) is 0.689. The van der Waals surface area contributed by atoms with Gasteiger partial charge in [-0.05, 0) is 13.3 Å². The van der Waals surface area contributed by atoms with E-state index in [9.17, 15) is 4.79 Å². The highest BCUT2D eigenvalue weighted by atomic mass is 16.5. The number of hydrogen-bond acceptors (Lipinski definition) is 4. The highest BCUT2D eigenvalue weighted by Crippen LogP contribution is 2.08. The Morgan fingerprint density at radius 2 is 2.33 bits per heavy atom. The molecule has 0 aromatic rings. The van der Waals surface area contributed by atoms with E-state index < -0.39 is 0 Å². The molecule has 0 atom stereocenters. The maximum absolute atomic E-state index is 11.0. The van der Waals surface area contributed by atoms with Crippen LogP contribution in [0.1, 0.15) is 19.8 Å². The van der Waals surface area contributed by atoms with Crippen molar-refractivity contribution in [2.24, 2.45) is 4.99 Å². The molecule has 0 spiro atoms. The van der Waals surface area contributed by atoms with Gasteiger partial charge in [-0.3, -0.25) is 4.99 Å². The van der Waals surface area contributed by atoms with Crippen molar-refractivity contribution in [3.63, 3.8) is 0 Å². The Labute approximate surface area is 108 Å². The number of carbonyl (C=O) groups excluding carboxylic acids is 1. The number of aliphatic imine (C=N–C) groups is 1. The fourth-order valence-electron chi connectivity index (χ4n) is 1.61. The van der Waals surface area contributed by atoms with E-state index in [2.05, 4.69) is 15.8 Å². The number of hydrogen-bond donors (Lipinski definition) is 0. The molecule has 1 aliphatic rings. The van der Waals surface area contributed by atoms with Crippen molar-refractivity contribution in [2.75, 3.05) is 20.2 Å². The fourth-order valence-corrected chi connectivity index (χ4v) is 1.61. The molecule has 0 saturated heterocycles. The summed E-state index contributed by atoms with van der Waals surface area (Å²) < 4.78 is 4.56. The van der Waals surface area contributed by atoms with Gasteiger partial charge in [0.1, 0.15) is 5.84 Å². The number of rotatable bonds is 6. The molecule has 0 aromatic heterocycles. The molecule has 1 aliphatic heterocycles. The summed E-state index contributed by atoms with van der Waals surface area (Å²) in [7, 11) is 1.37. The average Bonchev–Trinajstić information content (AvgIpc) is 2.83. The Hall–Kier alpha value is -1.84. The number of ether oxygens (including phenoxy) is 1. The van der Waals surface area contributed by atoms with E-state index in [1.165, 1.54) is 13.2 Å². The summed E-state index contributed by atoms with van der Waals surface area (Å²) in [6.45, 7) is 3.62. The Balaban J connectivity index is 2.40. The first-order chi connectivity index (χ1) is 8.77. The lowest BCUT2D eigenvalue weighted by atomic mass is 10.2. The molecule has 18 heavy (non-hydrogen) atoms. The van der Waals surface area contributed by atoms with E-state index in [0.717, 1.165) is 31.8 Å². The van der Waals surface area contributed by atoms with E-state index in [-0.39, 0.29) is 5.97 Å². The Morgan fingerprint density at radius 1 is 1.50 bits per heavy atom. The molecule has 98 valence electrons. The van der Waals surface area contributed by atoms with Crippen LogP contribution in [-0.2, 0) is 9.53 Å². The van der Waals surface area contributed by atoms with Crippen molar-refractivity contribution in [2.45, 2.75) is 19.8 Å². The summed E-state index contributed by atoms with van der Waals surface area (Å²) >= 11 is 0. The molecule has 0 N–H and O–H groups in total. The minimum atomic E-state index is -0.339. The first kappa shape index (κ1) is 14.2. The first-order valence-electron chi connectivity index (χ1n) is 6.12. The van der Waals surface area contributed by atoms with Crippen LogP contribution < -0.4 is 0 Å². The number of allylic oxidation sites excluding steroid dienone is 4. The molecular weight excluding hydrogens is 228 g/mol. The van der Waals surface area contributed by atoms with Crippen molar-refractivity contribution in [3.8, 4) is 0 Å². The highest BCUT2D eigenvalue weighted by molar-refractivity contribution is 5.87. The maximum atomic E-state index is 11.0. The van der Waals surface area contributed by atoms with Gasteiger partial charge in [0.05, 0.1) is 13.7 Å². The van der Waals surface area contributed by atoms with E-state index in [1.54, 1.807) is 6.20 Å². The van der Waals surface area contributed by atoms with E-state index in [4.69, 9.17) is 0 Å². The Morgan fingerprint density at radius 3 is 3.06 bits per heavy atom. The average molecular weight is 248 g/mol. The van der Waals surface area contributed by atoms with Gasteiger partial charge in [0.15, 0.2) is 0 Å². The van der Waals surface area contributed by atoms with Crippen molar-refractivity contribution >= 4 is 11.8 Å². The highest BCUT2D eigenvalue weighted by Gasteiger charge is 2.13. The van der Waals surface area contributed by atoms with Crippen LogP contribution in [0.2, 0.25) is 0 Å². The van der Waals surface area contributed by atoms with Crippen LogP contribution in [-0.4, -0.2) is 36.9 Å². The van der Waals surface area contributed by atoms with Crippen LogP contribution >= 0.6 is 0 Å². The van der Waals surface area contributed by atoms with E-state index >= 15 is 0 Å². The molecule has 0 radical (unpaired) electrons. The SMILES string of the molecule is C/C=C/C=C/CCC1=NCCN1/C=C\C(=O)OC. The number of nitrogens with zero attached hydrogens (tertiary/aromatic N) is 2. The van der Waals surface area contributed by atoms with Gasteiger partial charge in [-0.25, -0.2) is 4.79 Å². The molecular formula is C14H20N2O2. The molecule has 0 aromatic carbocycles. The van der Waals surface area contributed by atoms with Crippen molar-refractivity contribution in [3.05, 3.63) is 36.6 Å². The zero-order valence-corrected chi connectivity index (χ0v) is 11.0. The lowest BCUT2D eigenvalue weighted by Gasteiger charge is -2.14. The van der Waals surface area contributed by atoms with E-state index in [0.29, 0.717) is 0 Å². The standard InChI is InChI=1S/C14H20N2O2/c1-3-4-5-6-7-8-13-15-10-12-16(13)11-9-14(17)18-2/h3-6,9,11H,7-8,10,12H2,1-2H3/b4-3+,6-5+,11-9-. The summed E-state index contributed by atoms with van der Waals surface area (Å²) in [6.07, 6.45) is 13.2. The summed E-state index contributed by atoms with van der Waals surface area (Å²) in [5.41, 5.74) is 0. The van der Waals surface area contributed by atoms with Crippen molar-refractivity contribution in [1.82, 2.24) is 4.90 Å². The molecule has 0 saturated carbocycles. The lowest BCUT2D eigenvalue weighted by Crippen LogP contribution is -2.21. The molecule has 0 unspecified atom stereocenters. The van der Waals surface area contributed by atoms with Gasteiger partial charge in [0, 0.05) is 25.2 Å². The van der Waals surface area contributed by atoms with Gasteiger partial charge in [0.2, 0.25) is 0 Å². The molecule has 0 fully saturated rings. The third-order valence-electron chi connectivity index (χ3n) is 2.53. The van der Waals surface area contributed by atoms with Crippen molar-refractivity contribution < 1.29 is 9.53 Å². The third-order valence-corrected chi connectivity index (χ3v) is 2.53. The van der Waals surface area contributed by atoms with E-state index in [1.807, 2.05) is 30.1 Å². The van der Waals surface area contributed by atoms with Crippen LogP contribution in [0.15, 0.2) is 41.6 Å². The van der Waals surface area contributed by atoms with Gasteiger partial charge in [0.25, 0.3) is 0 Å². The number of amidine groups is 1. The normalized spacial score (nSPS) is 16.1. The molecule has 0 bridgehead atoms. The van der Waals surface area contributed by atoms with Crippen LogP contribution in [0.5, 0.6) is 0 Å². The number of methoxy groups -OCH3 is 1. The predicted molar refractivity (Wildman–Crippen MR) is 73.4 cm³/mol. The maximum Gasteiger partial charge on any atom is 0.331 e. The lowest BCUT2D eigenvalue weighted by molar-refractivity contribution is -0.134. The minimum Gasteiger partial charge on any atom is -0.466 e. The van der Waals surface area contributed by atoms with Crippen LogP contribution in [0.25, 0.3) is 0 Å². The monoisotopic (exact) mass is 248 g/mol. The van der Waals surface area contributed by atoms with Gasteiger partial charge in [-0.1, -0.05) is 24.3 Å². The second-order valence-corrected chi connectivity index (χ2v) is 3.82. The van der Waals surface area contributed by atoms with Gasteiger partial charge >= 0.3 is 5.97 Å². The molecule has 0 aliphatic carbocycles. The molecule has 4 heteroatoms. The molecule has 0 amide bonds. The molecule has 1 heterocycles. The van der Waals surface area contributed by atoms with Crippen LogP contribution in [0.3, 0.4) is 0 Å². The molecule has 1 rings (SSSR count). The fraction of sp³-hybridized carbons (Fsp3) is 0.429. The Kier molecular flexibility index (Phi) is 6.54. The molecule has 4 nitrogen and oxygen atoms in total. The minimum absolute atomic E-state index is 0.339. The van der Waals surface area contributed by atoms with Crippen molar-refractivity contribution in [1.29, 1.82) is 0 Å². The summed E-state index contributed by atoms with van der Waals surface area (Å²) in [5, 5.41) is 0. The largest absolute Gasteiger partial charge is 0.466 e.